The topological polar surface area (TPSA) is 42.9 Å². The summed E-state index contributed by atoms with van der Waals surface area (Å²) in [5.41, 5.74) is 2.59. The summed E-state index contributed by atoms with van der Waals surface area (Å²) in [5, 5.41) is 1.98. The van der Waals surface area contributed by atoms with Crippen LogP contribution in [-0.2, 0) is 6.42 Å². The summed E-state index contributed by atoms with van der Waals surface area (Å²) < 4.78 is 1.05. The lowest BCUT2D eigenvalue weighted by Crippen LogP contribution is -2.03. The highest BCUT2D eigenvalue weighted by Gasteiger charge is 2.08. The van der Waals surface area contributed by atoms with Gasteiger partial charge in [-0.25, -0.2) is 0 Å². The minimum atomic E-state index is 0.0870. The quantitative estimate of drug-likeness (QED) is 0.674. The Kier molecular flexibility index (Phi) is 2.86. The first-order valence-corrected chi connectivity index (χ1v) is 6.46. The van der Waals surface area contributed by atoms with Crippen molar-refractivity contribution < 1.29 is 4.79 Å². The standard InChI is InChI=1S/C14H10N2OS/c17-13(7-10-1-4-15-5-2-10)11-8-14-12(16-9-11)3-6-18-14/h1-6,8-9H,7H2. The van der Waals surface area contributed by atoms with Crippen LogP contribution in [0.3, 0.4) is 0 Å². The Labute approximate surface area is 108 Å². The summed E-state index contributed by atoms with van der Waals surface area (Å²) in [6, 6.07) is 7.58. The first kappa shape index (κ1) is 11.0. The number of fused-ring (bicyclic) bond motifs is 1. The molecule has 3 rings (SSSR count). The maximum Gasteiger partial charge on any atom is 0.168 e. The van der Waals surface area contributed by atoms with Crippen molar-refractivity contribution in [1.82, 2.24) is 9.97 Å². The molecule has 0 radical (unpaired) electrons. The molecule has 0 unspecified atom stereocenters. The molecular weight excluding hydrogens is 244 g/mol. The van der Waals surface area contributed by atoms with Gasteiger partial charge in [-0.05, 0) is 35.2 Å². The third kappa shape index (κ3) is 2.15. The van der Waals surface area contributed by atoms with Crippen molar-refractivity contribution in [2.45, 2.75) is 6.42 Å². The summed E-state index contributed by atoms with van der Waals surface area (Å²) in [7, 11) is 0. The van der Waals surface area contributed by atoms with E-state index in [9.17, 15) is 4.79 Å². The van der Waals surface area contributed by atoms with Gasteiger partial charge < -0.3 is 0 Å². The number of hydrogen-bond acceptors (Lipinski definition) is 4. The van der Waals surface area contributed by atoms with Gasteiger partial charge in [-0.3, -0.25) is 14.8 Å². The van der Waals surface area contributed by atoms with E-state index in [0.29, 0.717) is 12.0 Å². The molecule has 0 fully saturated rings. The zero-order chi connectivity index (χ0) is 12.4. The fourth-order valence-corrected chi connectivity index (χ4v) is 2.57. The van der Waals surface area contributed by atoms with Crippen molar-refractivity contribution >= 4 is 27.3 Å². The minimum Gasteiger partial charge on any atom is -0.294 e. The van der Waals surface area contributed by atoms with E-state index in [-0.39, 0.29) is 5.78 Å². The second kappa shape index (κ2) is 4.66. The summed E-state index contributed by atoms with van der Waals surface area (Å²) >= 11 is 1.60. The first-order chi connectivity index (χ1) is 8.83. The number of nitrogens with zero attached hydrogens (tertiary/aromatic N) is 2. The van der Waals surface area contributed by atoms with Crippen molar-refractivity contribution in [1.29, 1.82) is 0 Å². The Bertz CT molecular complexity index is 691. The molecule has 0 aromatic carbocycles. The first-order valence-electron chi connectivity index (χ1n) is 5.58. The van der Waals surface area contributed by atoms with Crippen LogP contribution in [-0.4, -0.2) is 15.8 Å². The van der Waals surface area contributed by atoms with Gasteiger partial charge >= 0.3 is 0 Å². The Morgan fingerprint density at radius 2 is 2.06 bits per heavy atom. The summed E-state index contributed by atoms with van der Waals surface area (Å²) in [6.07, 6.45) is 5.44. The van der Waals surface area contributed by atoms with E-state index in [1.165, 1.54) is 0 Å². The fourth-order valence-electron chi connectivity index (χ4n) is 1.79. The summed E-state index contributed by atoms with van der Waals surface area (Å²) in [5.74, 6) is 0.0870. The monoisotopic (exact) mass is 254 g/mol. The number of carbonyl (C=O) groups excluding carboxylic acids is 1. The number of Topliss-reactive ketones (excluding diaryl/α,β-unsaturated/α-hetero) is 1. The van der Waals surface area contributed by atoms with E-state index >= 15 is 0 Å². The van der Waals surface area contributed by atoms with Crippen molar-refractivity contribution in [2.24, 2.45) is 0 Å². The second-order valence-corrected chi connectivity index (χ2v) is 4.93. The highest BCUT2D eigenvalue weighted by atomic mass is 32.1. The molecule has 0 aliphatic heterocycles. The average Bonchev–Trinajstić information content (AvgIpc) is 2.87. The molecule has 3 heterocycles. The van der Waals surface area contributed by atoms with Crippen LogP contribution >= 0.6 is 11.3 Å². The van der Waals surface area contributed by atoms with E-state index in [4.69, 9.17) is 0 Å². The lowest BCUT2D eigenvalue weighted by Gasteiger charge is -2.01. The molecule has 0 amide bonds. The van der Waals surface area contributed by atoms with Crippen LogP contribution in [0, 0.1) is 0 Å². The van der Waals surface area contributed by atoms with Gasteiger partial charge in [0.15, 0.2) is 5.78 Å². The molecule has 0 saturated carbocycles. The van der Waals surface area contributed by atoms with Crippen molar-refractivity contribution in [3.8, 4) is 0 Å². The predicted octanol–water partition coefficient (Wildman–Crippen LogP) is 3.12. The Hall–Kier alpha value is -2.07. The fraction of sp³-hybridized carbons (Fsp3) is 0.0714. The second-order valence-electron chi connectivity index (χ2n) is 3.98. The van der Waals surface area contributed by atoms with Crippen LogP contribution in [0.1, 0.15) is 15.9 Å². The number of rotatable bonds is 3. The Balaban J connectivity index is 1.87. The average molecular weight is 254 g/mol. The van der Waals surface area contributed by atoms with Crippen LogP contribution in [0.15, 0.2) is 48.2 Å². The van der Waals surface area contributed by atoms with Crippen LogP contribution in [0.25, 0.3) is 10.2 Å². The van der Waals surface area contributed by atoms with E-state index in [2.05, 4.69) is 9.97 Å². The smallest absolute Gasteiger partial charge is 0.168 e. The normalized spacial score (nSPS) is 10.7. The highest BCUT2D eigenvalue weighted by molar-refractivity contribution is 7.17. The Morgan fingerprint density at radius 1 is 1.22 bits per heavy atom. The number of carbonyl (C=O) groups is 1. The molecule has 3 nitrogen and oxygen atoms in total. The SMILES string of the molecule is O=C(Cc1ccncc1)c1cnc2ccsc2c1. The molecule has 3 aromatic heterocycles. The number of hydrogen-bond donors (Lipinski definition) is 0. The molecule has 0 atom stereocenters. The minimum absolute atomic E-state index is 0.0870. The number of pyridine rings is 2. The predicted molar refractivity (Wildman–Crippen MR) is 71.9 cm³/mol. The lowest BCUT2D eigenvalue weighted by atomic mass is 10.1. The number of ketones is 1. The molecule has 0 bridgehead atoms. The third-order valence-electron chi connectivity index (χ3n) is 2.74. The van der Waals surface area contributed by atoms with Gasteiger partial charge in [0.1, 0.15) is 0 Å². The van der Waals surface area contributed by atoms with Gasteiger partial charge in [-0.15, -0.1) is 11.3 Å². The summed E-state index contributed by atoms with van der Waals surface area (Å²) in [4.78, 5) is 20.3. The van der Waals surface area contributed by atoms with Gasteiger partial charge in [-0.2, -0.15) is 0 Å². The largest absolute Gasteiger partial charge is 0.294 e. The van der Waals surface area contributed by atoms with Crippen LogP contribution in [0.4, 0.5) is 0 Å². The summed E-state index contributed by atoms with van der Waals surface area (Å²) in [6.45, 7) is 0. The van der Waals surface area contributed by atoms with Crippen LogP contribution in [0.2, 0.25) is 0 Å². The zero-order valence-corrected chi connectivity index (χ0v) is 10.4. The molecule has 88 valence electrons. The van der Waals surface area contributed by atoms with Gasteiger partial charge in [0.05, 0.1) is 10.2 Å². The molecule has 0 aliphatic rings. The van der Waals surface area contributed by atoms with Gasteiger partial charge in [0, 0.05) is 30.6 Å². The molecule has 0 spiro atoms. The molecule has 0 aliphatic carbocycles. The zero-order valence-electron chi connectivity index (χ0n) is 9.54. The lowest BCUT2D eigenvalue weighted by molar-refractivity contribution is 0.0993. The van der Waals surface area contributed by atoms with Gasteiger partial charge in [0.25, 0.3) is 0 Å². The molecule has 4 heteroatoms. The van der Waals surface area contributed by atoms with Gasteiger partial charge in [0.2, 0.25) is 0 Å². The van der Waals surface area contributed by atoms with Crippen LogP contribution in [0.5, 0.6) is 0 Å². The number of thiophene rings is 1. The maximum atomic E-state index is 12.1. The third-order valence-corrected chi connectivity index (χ3v) is 3.59. The highest BCUT2D eigenvalue weighted by Crippen LogP contribution is 2.20. The number of aromatic nitrogens is 2. The Morgan fingerprint density at radius 3 is 2.89 bits per heavy atom. The maximum absolute atomic E-state index is 12.1. The van der Waals surface area contributed by atoms with Crippen molar-refractivity contribution in [2.75, 3.05) is 0 Å². The molecular formula is C14H10N2OS. The van der Waals surface area contributed by atoms with Crippen LogP contribution < -0.4 is 0 Å². The van der Waals surface area contributed by atoms with Gasteiger partial charge in [-0.1, -0.05) is 0 Å². The van der Waals surface area contributed by atoms with Crippen molar-refractivity contribution in [3.63, 3.8) is 0 Å². The van der Waals surface area contributed by atoms with E-state index < -0.39 is 0 Å². The molecule has 0 N–H and O–H groups in total. The van der Waals surface area contributed by atoms with Crippen molar-refractivity contribution in [3.05, 3.63) is 59.4 Å². The molecule has 0 saturated heterocycles. The molecule has 3 aromatic rings. The van der Waals surface area contributed by atoms with E-state index in [0.717, 1.165) is 15.8 Å². The van der Waals surface area contributed by atoms with E-state index in [1.54, 1.807) is 29.9 Å². The van der Waals surface area contributed by atoms with E-state index in [1.807, 2.05) is 29.6 Å². The molecule has 18 heavy (non-hydrogen) atoms.